The van der Waals surface area contributed by atoms with E-state index in [2.05, 4.69) is 33.5 Å². The number of aromatic nitrogens is 3. The standard InChI is InChI=1S/C11H20N4OS/c1-9(2)8-15-10(12-13-11(15)17-3)14-4-6-16-7-5-14/h9H,4-8H2,1-3H3. The van der Waals surface area contributed by atoms with Crippen molar-refractivity contribution >= 4 is 17.7 Å². The van der Waals surface area contributed by atoms with E-state index in [0.717, 1.165) is 44.0 Å². The Kier molecular flexibility index (Phi) is 4.28. The van der Waals surface area contributed by atoms with Crippen LogP contribution in [0.25, 0.3) is 0 Å². The molecule has 2 heterocycles. The Labute approximate surface area is 107 Å². The first-order valence-electron chi connectivity index (χ1n) is 6.02. The number of anilines is 1. The smallest absolute Gasteiger partial charge is 0.228 e. The van der Waals surface area contributed by atoms with Crippen LogP contribution in [-0.2, 0) is 11.3 Å². The molecule has 1 aliphatic heterocycles. The zero-order valence-electron chi connectivity index (χ0n) is 10.7. The molecule has 2 rings (SSSR count). The van der Waals surface area contributed by atoms with Crippen LogP contribution in [0.5, 0.6) is 0 Å². The van der Waals surface area contributed by atoms with Gasteiger partial charge in [-0.05, 0) is 12.2 Å². The summed E-state index contributed by atoms with van der Waals surface area (Å²) in [5.74, 6) is 1.59. The van der Waals surface area contributed by atoms with Crippen molar-refractivity contribution in [2.24, 2.45) is 5.92 Å². The van der Waals surface area contributed by atoms with E-state index in [4.69, 9.17) is 4.74 Å². The molecule has 0 amide bonds. The van der Waals surface area contributed by atoms with Crippen LogP contribution in [0.4, 0.5) is 5.95 Å². The molecule has 0 radical (unpaired) electrons. The molecular formula is C11H20N4OS. The minimum atomic E-state index is 0.594. The lowest BCUT2D eigenvalue weighted by Crippen LogP contribution is -2.38. The summed E-state index contributed by atoms with van der Waals surface area (Å²) in [6, 6.07) is 0. The highest BCUT2D eigenvalue weighted by atomic mass is 32.2. The van der Waals surface area contributed by atoms with E-state index >= 15 is 0 Å². The van der Waals surface area contributed by atoms with Gasteiger partial charge >= 0.3 is 0 Å². The molecule has 0 atom stereocenters. The Morgan fingerprint density at radius 3 is 2.59 bits per heavy atom. The van der Waals surface area contributed by atoms with Gasteiger partial charge in [-0.15, -0.1) is 10.2 Å². The van der Waals surface area contributed by atoms with Crippen LogP contribution in [0.2, 0.25) is 0 Å². The topological polar surface area (TPSA) is 43.2 Å². The fourth-order valence-electron chi connectivity index (χ4n) is 1.95. The molecule has 0 unspecified atom stereocenters. The molecule has 1 saturated heterocycles. The van der Waals surface area contributed by atoms with Crippen LogP contribution in [-0.4, -0.2) is 47.3 Å². The summed E-state index contributed by atoms with van der Waals surface area (Å²) in [7, 11) is 0. The van der Waals surface area contributed by atoms with E-state index in [1.165, 1.54) is 0 Å². The Balaban J connectivity index is 2.22. The molecule has 0 bridgehead atoms. The number of nitrogens with zero attached hydrogens (tertiary/aromatic N) is 4. The van der Waals surface area contributed by atoms with Gasteiger partial charge in [-0.25, -0.2) is 0 Å². The van der Waals surface area contributed by atoms with E-state index in [0.29, 0.717) is 5.92 Å². The Morgan fingerprint density at radius 1 is 1.29 bits per heavy atom. The summed E-state index contributed by atoms with van der Waals surface area (Å²) in [6.45, 7) is 8.78. The van der Waals surface area contributed by atoms with Crippen molar-refractivity contribution in [3.05, 3.63) is 0 Å². The molecule has 0 N–H and O–H groups in total. The number of thioether (sulfide) groups is 1. The first-order valence-corrected chi connectivity index (χ1v) is 7.24. The monoisotopic (exact) mass is 256 g/mol. The lowest BCUT2D eigenvalue weighted by molar-refractivity contribution is 0.121. The number of ether oxygens (including phenoxy) is 1. The third-order valence-electron chi connectivity index (χ3n) is 2.72. The number of hydrogen-bond donors (Lipinski definition) is 0. The molecule has 96 valence electrons. The molecule has 5 nitrogen and oxygen atoms in total. The molecule has 0 spiro atoms. The van der Waals surface area contributed by atoms with Crippen LogP contribution in [0, 0.1) is 5.92 Å². The summed E-state index contributed by atoms with van der Waals surface area (Å²) in [5, 5.41) is 9.58. The second-order valence-electron chi connectivity index (χ2n) is 4.59. The van der Waals surface area contributed by atoms with Gasteiger partial charge in [0.1, 0.15) is 0 Å². The van der Waals surface area contributed by atoms with E-state index in [1.807, 2.05) is 6.26 Å². The molecule has 0 aliphatic carbocycles. The largest absolute Gasteiger partial charge is 0.378 e. The van der Waals surface area contributed by atoms with Gasteiger partial charge in [0.25, 0.3) is 0 Å². The minimum absolute atomic E-state index is 0.594. The molecule has 1 aromatic rings. The third kappa shape index (κ3) is 2.93. The predicted octanol–water partition coefficient (Wildman–Crippen LogP) is 1.49. The van der Waals surface area contributed by atoms with E-state index in [9.17, 15) is 0 Å². The molecule has 1 aromatic heterocycles. The van der Waals surface area contributed by atoms with Crippen LogP contribution in [0.1, 0.15) is 13.8 Å². The maximum absolute atomic E-state index is 5.37. The predicted molar refractivity (Wildman–Crippen MR) is 69.7 cm³/mol. The SMILES string of the molecule is CSc1nnc(N2CCOCC2)n1CC(C)C. The van der Waals surface area contributed by atoms with Crippen molar-refractivity contribution in [3.8, 4) is 0 Å². The van der Waals surface area contributed by atoms with Gasteiger partial charge in [-0.2, -0.15) is 0 Å². The van der Waals surface area contributed by atoms with Crippen molar-refractivity contribution in [3.63, 3.8) is 0 Å². The fraction of sp³-hybridized carbons (Fsp3) is 0.818. The van der Waals surface area contributed by atoms with Gasteiger partial charge < -0.3 is 9.64 Å². The summed E-state index contributed by atoms with van der Waals surface area (Å²) >= 11 is 1.65. The second kappa shape index (κ2) is 5.73. The first kappa shape index (κ1) is 12.7. The first-order chi connectivity index (χ1) is 8.22. The van der Waals surface area contributed by atoms with Gasteiger partial charge in [0, 0.05) is 19.6 Å². The van der Waals surface area contributed by atoms with Gasteiger partial charge in [-0.1, -0.05) is 25.6 Å². The van der Waals surface area contributed by atoms with Gasteiger partial charge in [0.05, 0.1) is 13.2 Å². The molecule has 6 heteroatoms. The molecule has 1 fully saturated rings. The third-order valence-corrected chi connectivity index (χ3v) is 3.39. The summed E-state index contributed by atoms with van der Waals surface area (Å²) in [6.07, 6.45) is 2.05. The molecule has 17 heavy (non-hydrogen) atoms. The fourth-order valence-corrected chi connectivity index (χ4v) is 2.45. The van der Waals surface area contributed by atoms with Crippen molar-refractivity contribution < 1.29 is 4.74 Å². The quantitative estimate of drug-likeness (QED) is 0.764. The average Bonchev–Trinajstić information content (AvgIpc) is 2.72. The molecule has 0 saturated carbocycles. The highest BCUT2D eigenvalue weighted by Gasteiger charge is 2.20. The Hall–Kier alpha value is -0.750. The van der Waals surface area contributed by atoms with Crippen molar-refractivity contribution in [1.82, 2.24) is 14.8 Å². The zero-order chi connectivity index (χ0) is 12.3. The molecule has 1 aliphatic rings. The Morgan fingerprint density at radius 2 is 2.00 bits per heavy atom. The maximum Gasteiger partial charge on any atom is 0.228 e. The maximum atomic E-state index is 5.37. The minimum Gasteiger partial charge on any atom is -0.378 e. The summed E-state index contributed by atoms with van der Waals surface area (Å²) < 4.78 is 7.59. The second-order valence-corrected chi connectivity index (χ2v) is 5.36. The van der Waals surface area contributed by atoms with Crippen molar-refractivity contribution in [1.29, 1.82) is 0 Å². The van der Waals surface area contributed by atoms with Gasteiger partial charge in [0.15, 0.2) is 5.16 Å². The normalized spacial score (nSPS) is 16.8. The Bertz CT molecular complexity index is 360. The average molecular weight is 256 g/mol. The number of rotatable bonds is 4. The highest BCUT2D eigenvalue weighted by Crippen LogP contribution is 2.22. The number of hydrogen-bond acceptors (Lipinski definition) is 5. The molecular weight excluding hydrogens is 236 g/mol. The van der Waals surface area contributed by atoms with Crippen LogP contribution < -0.4 is 4.90 Å². The van der Waals surface area contributed by atoms with Crippen LogP contribution in [0.15, 0.2) is 5.16 Å². The van der Waals surface area contributed by atoms with Gasteiger partial charge in [0.2, 0.25) is 5.95 Å². The van der Waals surface area contributed by atoms with Gasteiger partial charge in [-0.3, -0.25) is 4.57 Å². The summed E-state index contributed by atoms with van der Waals surface area (Å²) in [5.41, 5.74) is 0. The van der Waals surface area contributed by atoms with E-state index in [-0.39, 0.29) is 0 Å². The van der Waals surface area contributed by atoms with Crippen LogP contribution >= 0.6 is 11.8 Å². The van der Waals surface area contributed by atoms with Crippen molar-refractivity contribution in [2.45, 2.75) is 25.5 Å². The van der Waals surface area contributed by atoms with E-state index in [1.54, 1.807) is 11.8 Å². The lowest BCUT2D eigenvalue weighted by Gasteiger charge is -2.28. The zero-order valence-corrected chi connectivity index (χ0v) is 11.5. The number of morpholine rings is 1. The highest BCUT2D eigenvalue weighted by molar-refractivity contribution is 7.98. The van der Waals surface area contributed by atoms with Crippen LogP contribution in [0.3, 0.4) is 0 Å². The van der Waals surface area contributed by atoms with Crippen molar-refractivity contribution in [2.75, 3.05) is 37.5 Å². The van der Waals surface area contributed by atoms with E-state index < -0.39 is 0 Å². The lowest BCUT2D eigenvalue weighted by atomic mass is 10.2. The summed E-state index contributed by atoms with van der Waals surface area (Å²) in [4.78, 5) is 2.26. The molecule has 0 aromatic carbocycles.